The Balaban J connectivity index is 2.00. The predicted molar refractivity (Wildman–Crippen MR) is 117 cm³/mol. The Morgan fingerprint density at radius 1 is 1.03 bits per heavy atom. The van der Waals surface area contributed by atoms with Crippen LogP contribution in [0.3, 0.4) is 0 Å². The van der Waals surface area contributed by atoms with E-state index in [0.29, 0.717) is 5.02 Å². The zero-order valence-corrected chi connectivity index (χ0v) is 17.9. The number of aryl methyl sites for hydroxylation is 4. The summed E-state index contributed by atoms with van der Waals surface area (Å²) in [5.74, 6) is -0.446. The highest BCUT2D eigenvalue weighted by Crippen LogP contribution is 2.27. The van der Waals surface area contributed by atoms with Crippen LogP contribution >= 0.6 is 11.6 Å². The SMILES string of the molecule is Cc1ccc(Cl)cc1-n1c(C)cc(/C=C(/C#N)C(=O)Nn2c(C)ccc2C)c1C. The molecular formula is C23H23ClN4O. The fraction of sp³-hybridized carbons (Fsp3) is 0.217. The molecular weight excluding hydrogens is 384 g/mol. The van der Waals surface area contributed by atoms with Crippen LogP contribution in [0.1, 0.15) is 33.9 Å². The summed E-state index contributed by atoms with van der Waals surface area (Å²) in [5, 5.41) is 10.2. The average Bonchev–Trinajstić information content (AvgIpc) is 3.14. The van der Waals surface area contributed by atoms with Crippen molar-refractivity contribution in [1.29, 1.82) is 5.26 Å². The summed E-state index contributed by atoms with van der Waals surface area (Å²) in [6, 6.07) is 13.6. The maximum absolute atomic E-state index is 12.7. The van der Waals surface area contributed by atoms with E-state index in [1.807, 2.05) is 77.1 Å². The molecule has 2 heterocycles. The summed E-state index contributed by atoms with van der Waals surface area (Å²) in [5.41, 5.74) is 9.41. The average molecular weight is 407 g/mol. The van der Waals surface area contributed by atoms with Crippen molar-refractivity contribution < 1.29 is 4.79 Å². The largest absolute Gasteiger partial charge is 0.318 e. The topological polar surface area (TPSA) is 62.8 Å². The lowest BCUT2D eigenvalue weighted by Gasteiger charge is -2.13. The maximum atomic E-state index is 12.7. The first-order valence-electron chi connectivity index (χ1n) is 9.26. The van der Waals surface area contributed by atoms with Gasteiger partial charge in [0, 0.05) is 33.5 Å². The second kappa shape index (κ2) is 8.02. The number of nitrogens with one attached hydrogen (secondary N) is 1. The molecule has 1 N–H and O–H groups in total. The minimum Gasteiger partial charge on any atom is -0.318 e. The summed E-state index contributed by atoms with van der Waals surface area (Å²) in [7, 11) is 0. The number of hydrogen-bond acceptors (Lipinski definition) is 2. The molecule has 0 unspecified atom stereocenters. The molecule has 6 heteroatoms. The van der Waals surface area contributed by atoms with Crippen LogP contribution in [0, 0.1) is 45.9 Å². The normalized spacial score (nSPS) is 11.4. The second-order valence-corrected chi connectivity index (χ2v) is 7.59. The fourth-order valence-electron chi connectivity index (χ4n) is 3.44. The Labute approximate surface area is 175 Å². The van der Waals surface area contributed by atoms with Crippen LogP contribution < -0.4 is 5.43 Å². The number of benzene rings is 1. The first-order chi connectivity index (χ1) is 13.7. The minimum atomic E-state index is -0.446. The lowest BCUT2D eigenvalue weighted by Crippen LogP contribution is -2.25. The van der Waals surface area contributed by atoms with Crippen LogP contribution in [0.2, 0.25) is 5.02 Å². The van der Waals surface area contributed by atoms with Gasteiger partial charge in [-0.15, -0.1) is 0 Å². The van der Waals surface area contributed by atoms with Crippen molar-refractivity contribution in [2.75, 3.05) is 5.43 Å². The van der Waals surface area contributed by atoms with E-state index in [1.165, 1.54) is 0 Å². The van der Waals surface area contributed by atoms with Gasteiger partial charge in [-0.05, 0) is 82.2 Å². The summed E-state index contributed by atoms with van der Waals surface area (Å²) < 4.78 is 3.76. The number of nitriles is 1. The number of carbonyl (C=O) groups excluding carboxylic acids is 1. The van der Waals surface area contributed by atoms with Crippen molar-refractivity contribution in [2.24, 2.45) is 0 Å². The van der Waals surface area contributed by atoms with Crippen LogP contribution in [0.5, 0.6) is 0 Å². The molecule has 1 amide bonds. The number of amides is 1. The second-order valence-electron chi connectivity index (χ2n) is 7.15. The van der Waals surface area contributed by atoms with Gasteiger partial charge in [-0.2, -0.15) is 5.26 Å². The molecule has 0 saturated heterocycles. The van der Waals surface area contributed by atoms with Gasteiger partial charge in [0.2, 0.25) is 0 Å². The van der Waals surface area contributed by atoms with E-state index >= 15 is 0 Å². The predicted octanol–water partition coefficient (Wildman–Crippen LogP) is 5.15. The molecule has 0 atom stereocenters. The highest BCUT2D eigenvalue weighted by Gasteiger charge is 2.16. The molecule has 0 bridgehead atoms. The van der Waals surface area contributed by atoms with E-state index in [-0.39, 0.29) is 5.57 Å². The number of aromatic nitrogens is 2. The van der Waals surface area contributed by atoms with Crippen LogP contribution in [-0.2, 0) is 4.79 Å². The smallest absolute Gasteiger partial charge is 0.280 e. The monoisotopic (exact) mass is 406 g/mol. The molecule has 2 aromatic heterocycles. The Morgan fingerprint density at radius 3 is 2.31 bits per heavy atom. The van der Waals surface area contributed by atoms with Gasteiger partial charge in [0.15, 0.2) is 0 Å². The third kappa shape index (κ3) is 3.98. The van der Waals surface area contributed by atoms with Gasteiger partial charge < -0.3 is 4.57 Å². The molecule has 29 heavy (non-hydrogen) atoms. The first-order valence-corrected chi connectivity index (χ1v) is 9.64. The highest BCUT2D eigenvalue weighted by molar-refractivity contribution is 6.30. The maximum Gasteiger partial charge on any atom is 0.280 e. The van der Waals surface area contributed by atoms with Gasteiger partial charge in [-0.3, -0.25) is 14.9 Å². The van der Waals surface area contributed by atoms with Crippen molar-refractivity contribution in [3.8, 4) is 11.8 Å². The lowest BCUT2D eigenvalue weighted by atomic mass is 10.1. The molecule has 148 valence electrons. The van der Waals surface area contributed by atoms with Crippen molar-refractivity contribution in [2.45, 2.75) is 34.6 Å². The Morgan fingerprint density at radius 2 is 1.69 bits per heavy atom. The molecule has 0 saturated carbocycles. The van der Waals surface area contributed by atoms with Crippen molar-refractivity contribution in [1.82, 2.24) is 9.24 Å². The summed E-state index contributed by atoms with van der Waals surface area (Å²) in [4.78, 5) is 12.7. The van der Waals surface area contributed by atoms with Crippen LogP contribution in [-0.4, -0.2) is 15.2 Å². The first kappa shape index (κ1) is 20.5. The summed E-state index contributed by atoms with van der Waals surface area (Å²) in [6.45, 7) is 9.76. The molecule has 0 radical (unpaired) electrons. The number of nitrogens with zero attached hydrogens (tertiary/aromatic N) is 3. The number of rotatable bonds is 4. The molecule has 0 fully saturated rings. The van der Waals surface area contributed by atoms with E-state index in [4.69, 9.17) is 11.6 Å². The lowest BCUT2D eigenvalue weighted by molar-refractivity contribution is -0.113. The van der Waals surface area contributed by atoms with Gasteiger partial charge in [-0.25, -0.2) is 0 Å². The van der Waals surface area contributed by atoms with E-state index in [2.05, 4.69) is 9.99 Å². The highest BCUT2D eigenvalue weighted by atomic mass is 35.5. The third-order valence-electron chi connectivity index (χ3n) is 5.03. The zero-order valence-electron chi connectivity index (χ0n) is 17.2. The molecule has 3 aromatic rings. The minimum absolute atomic E-state index is 0.0422. The van der Waals surface area contributed by atoms with Crippen molar-refractivity contribution >= 4 is 23.6 Å². The number of hydrogen-bond donors (Lipinski definition) is 1. The summed E-state index contributed by atoms with van der Waals surface area (Å²) in [6.07, 6.45) is 1.63. The molecule has 3 rings (SSSR count). The van der Waals surface area contributed by atoms with Crippen molar-refractivity contribution in [3.63, 3.8) is 0 Å². The van der Waals surface area contributed by atoms with Crippen LogP contribution in [0.4, 0.5) is 0 Å². The standard InChI is InChI=1S/C23H23ClN4O/c1-14-6-9-21(24)12-22(14)27-17(4)10-19(18(27)5)11-20(13-25)23(29)26-28-15(2)7-8-16(28)3/h6-12H,1-5H3,(H,26,29)/b20-11-. The van der Waals surface area contributed by atoms with Crippen LogP contribution in [0.15, 0.2) is 42.0 Å². The number of carbonyl (C=O) groups is 1. The van der Waals surface area contributed by atoms with Gasteiger partial charge in [-0.1, -0.05) is 17.7 Å². The van der Waals surface area contributed by atoms with E-state index < -0.39 is 5.91 Å². The molecule has 5 nitrogen and oxygen atoms in total. The molecule has 1 aromatic carbocycles. The zero-order chi connectivity index (χ0) is 21.3. The van der Waals surface area contributed by atoms with E-state index in [1.54, 1.807) is 10.8 Å². The Bertz CT molecular complexity index is 1150. The molecule has 0 spiro atoms. The van der Waals surface area contributed by atoms with Crippen LogP contribution in [0.25, 0.3) is 11.8 Å². The molecule has 0 aliphatic heterocycles. The van der Waals surface area contributed by atoms with Gasteiger partial charge in [0.1, 0.15) is 11.6 Å². The quantitative estimate of drug-likeness (QED) is 0.481. The number of halogens is 1. The van der Waals surface area contributed by atoms with E-state index in [9.17, 15) is 10.1 Å². The Kier molecular flexibility index (Phi) is 5.67. The van der Waals surface area contributed by atoms with Gasteiger partial charge in [0.25, 0.3) is 5.91 Å². The van der Waals surface area contributed by atoms with E-state index in [0.717, 1.165) is 39.6 Å². The van der Waals surface area contributed by atoms with Gasteiger partial charge >= 0.3 is 0 Å². The Hall–Kier alpha value is -3.23. The molecule has 0 aliphatic rings. The van der Waals surface area contributed by atoms with Gasteiger partial charge in [0.05, 0.1) is 0 Å². The molecule has 0 aliphatic carbocycles. The van der Waals surface area contributed by atoms with Crippen molar-refractivity contribution in [3.05, 3.63) is 80.9 Å². The fourth-order valence-corrected chi connectivity index (χ4v) is 3.60. The third-order valence-corrected chi connectivity index (χ3v) is 5.27. The summed E-state index contributed by atoms with van der Waals surface area (Å²) >= 11 is 6.20.